The van der Waals surface area contributed by atoms with E-state index in [4.69, 9.17) is 45.6 Å². The molecule has 0 aromatic heterocycles. The van der Waals surface area contributed by atoms with E-state index in [0.29, 0.717) is 6.61 Å². The summed E-state index contributed by atoms with van der Waals surface area (Å²) >= 11 is 0. The molecular weight excluding hydrogens is 268 g/mol. The van der Waals surface area contributed by atoms with Crippen LogP contribution in [0.25, 0.3) is 0 Å². The third-order valence-corrected chi connectivity index (χ3v) is 1.41. The molecule has 0 spiro atoms. The van der Waals surface area contributed by atoms with Crippen molar-refractivity contribution < 1.29 is 35.5 Å². The molecule has 0 fully saturated rings. The maximum atomic E-state index is 8.84. The lowest BCUT2D eigenvalue weighted by molar-refractivity contribution is -0.742. The summed E-state index contributed by atoms with van der Waals surface area (Å²) in [4.78, 5) is 16.7. The summed E-state index contributed by atoms with van der Waals surface area (Å²) in [5.74, 6) is 0. The fourth-order valence-corrected chi connectivity index (χ4v) is 0.726. The van der Waals surface area contributed by atoms with Gasteiger partial charge in [0.05, 0.1) is 13.2 Å². The Balaban J connectivity index is -0.000000264. The van der Waals surface area contributed by atoms with Crippen LogP contribution in [0.2, 0.25) is 0 Å². The van der Waals surface area contributed by atoms with E-state index in [-0.39, 0.29) is 13.2 Å². The van der Waals surface area contributed by atoms with Crippen molar-refractivity contribution >= 4 is 0 Å². The molecule has 0 saturated heterocycles. The highest BCUT2D eigenvalue weighted by Gasteiger charge is 1.99. The molecule has 0 heterocycles. The highest BCUT2D eigenvalue weighted by atomic mass is 16.9. The van der Waals surface area contributed by atoms with Gasteiger partial charge in [0.2, 0.25) is 0 Å². The van der Waals surface area contributed by atoms with Crippen molar-refractivity contribution in [2.45, 2.75) is 32.3 Å². The fourth-order valence-electron chi connectivity index (χ4n) is 0.726. The number of rotatable bonds is 7. The summed E-state index contributed by atoms with van der Waals surface area (Å²) in [6.07, 6.45) is 2.66. The van der Waals surface area contributed by atoms with E-state index in [0.717, 1.165) is 12.8 Å². The second-order valence-electron chi connectivity index (χ2n) is 3.09. The number of nitrogens with zero attached hydrogens (tertiary/aromatic N) is 2. The molecule has 0 aromatic rings. The molecule has 11 nitrogen and oxygen atoms in total. The lowest BCUT2D eigenvalue weighted by Gasteiger charge is -2.07. The Morgan fingerprint density at radius 3 is 1.89 bits per heavy atom. The van der Waals surface area contributed by atoms with Crippen LogP contribution in [0.15, 0.2) is 0 Å². The van der Waals surface area contributed by atoms with Crippen molar-refractivity contribution in [3.05, 3.63) is 20.2 Å². The standard InChI is InChI=1S/C8H18O3.2HNO3/c1-2-3-4-5-11-7-8(10)6-9;2*2-1(3)4/h8-10H,2-7H2,1H3;2*(H,2,3,4). The van der Waals surface area contributed by atoms with Gasteiger partial charge in [-0.2, -0.15) is 0 Å². The zero-order valence-electron chi connectivity index (χ0n) is 10.5. The van der Waals surface area contributed by atoms with Gasteiger partial charge in [0.15, 0.2) is 0 Å². The first-order valence-corrected chi connectivity index (χ1v) is 5.31. The summed E-state index contributed by atoms with van der Waals surface area (Å²) < 4.78 is 5.08. The van der Waals surface area contributed by atoms with Crippen molar-refractivity contribution in [1.82, 2.24) is 0 Å². The van der Waals surface area contributed by atoms with Crippen LogP contribution in [-0.2, 0) is 4.74 Å². The lowest BCUT2D eigenvalue weighted by atomic mass is 10.3. The van der Waals surface area contributed by atoms with Gasteiger partial charge in [-0.05, 0) is 6.42 Å². The van der Waals surface area contributed by atoms with E-state index in [1.807, 2.05) is 0 Å². The van der Waals surface area contributed by atoms with Crippen LogP contribution in [0.5, 0.6) is 0 Å². The van der Waals surface area contributed by atoms with E-state index in [2.05, 4.69) is 6.92 Å². The molecule has 116 valence electrons. The first-order valence-electron chi connectivity index (χ1n) is 5.31. The molecule has 0 aromatic carbocycles. The molecule has 0 aliphatic rings. The Morgan fingerprint density at radius 1 is 1.16 bits per heavy atom. The topological polar surface area (TPSA) is 176 Å². The molecule has 0 aliphatic carbocycles. The average molecular weight is 288 g/mol. The first kappa shape index (κ1) is 22.5. The first-order chi connectivity index (χ1) is 8.77. The van der Waals surface area contributed by atoms with Crippen LogP contribution >= 0.6 is 0 Å². The molecule has 0 bridgehead atoms. The second-order valence-corrected chi connectivity index (χ2v) is 3.09. The predicted molar refractivity (Wildman–Crippen MR) is 61.0 cm³/mol. The molecule has 0 radical (unpaired) electrons. The Kier molecular flexibility index (Phi) is 22.0. The second kappa shape index (κ2) is 18.6. The lowest BCUT2D eigenvalue weighted by Crippen LogP contribution is -2.19. The average Bonchev–Trinajstić information content (AvgIpc) is 2.27. The van der Waals surface area contributed by atoms with E-state index in [1.165, 1.54) is 6.42 Å². The van der Waals surface area contributed by atoms with E-state index in [9.17, 15) is 0 Å². The van der Waals surface area contributed by atoms with Gasteiger partial charge in [0, 0.05) is 6.61 Å². The van der Waals surface area contributed by atoms with Crippen LogP contribution in [0.1, 0.15) is 26.2 Å². The van der Waals surface area contributed by atoms with Crippen LogP contribution in [0, 0.1) is 20.2 Å². The fraction of sp³-hybridized carbons (Fsp3) is 1.00. The zero-order chi connectivity index (χ0) is 15.7. The van der Waals surface area contributed by atoms with Gasteiger partial charge in [-0.3, -0.25) is 0 Å². The minimum Gasteiger partial charge on any atom is -0.394 e. The van der Waals surface area contributed by atoms with E-state index < -0.39 is 16.3 Å². The van der Waals surface area contributed by atoms with Gasteiger partial charge in [-0.1, -0.05) is 19.8 Å². The Hall–Kier alpha value is -1.72. The Bertz CT molecular complexity index is 194. The van der Waals surface area contributed by atoms with Gasteiger partial charge in [0.1, 0.15) is 6.10 Å². The van der Waals surface area contributed by atoms with Crippen LogP contribution < -0.4 is 0 Å². The van der Waals surface area contributed by atoms with Crippen molar-refractivity contribution in [2.75, 3.05) is 19.8 Å². The summed E-state index contributed by atoms with van der Waals surface area (Å²) in [5.41, 5.74) is 0. The number of hydrogen-bond acceptors (Lipinski definition) is 7. The highest BCUT2D eigenvalue weighted by molar-refractivity contribution is 4.48. The van der Waals surface area contributed by atoms with E-state index in [1.54, 1.807) is 0 Å². The Morgan fingerprint density at radius 2 is 1.58 bits per heavy atom. The third kappa shape index (κ3) is 62.6. The van der Waals surface area contributed by atoms with Gasteiger partial charge < -0.3 is 25.4 Å². The van der Waals surface area contributed by atoms with Crippen LogP contribution in [-0.4, -0.2) is 56.7 Å². The van der Waals surface area contributed by atoms with Crippen molar-refractivity contribution in [2.24, 2.45) is 0 Å². The van der Waals surface area contributed by atoms with E-state index >= 15 is 0 Å². The van der Waals surface area contributed by atoms with Crippen molar-refractivity contribution in [3.8, 4) is 0 Å². The molecule has 0 rings (SSSR count). The maximum absolute atomic E-state index is 8.84. The highest BCUT2D eigenvalue weighted by Crippen LogP contribution is 1.94. The number of aliphatic hydroxyl groups is 2. The summed E-state index contributed by atoms with van der Waals surface area (Å²) in [5, 5.41) is 44.5. The molecule has 1 atom stereocenters. The number of aliphatic hydroxyl groups excluding tert-OH is 2. The van der Waals surface area contributed by atoms with Crippen LogP contribution in [0.3, 0.4) is 0 Å². The smallest absolute Gasteiger partial charge is 0.291 e. The molecule has 1 unspecified atom stereocenters. The SMILES string of the molecule is CCCCCOCC(O)CO.O=[N+]([O-])O.O=[N+]([O-])O. The monoisotopic (exact) mass is 288 g/mol. The zero-order valence-corrected chi connectivity index (χ0v) is 10.5. The van der Waals surface area contributed by atoms with Crippen LogP contribution in [0.4, 0.5) is 0 Å². The molecule has 0 saturated carbocycles. The summed E-state index contributed by atoms with van der Waals surface area (Å²) in [6.45, 7) is 2.85. The minimum atomic E-state index is -1.50. The van der Waals surface area contributed by atoms with Gasteiger partial charge in [-0.15, -0.1) is 20.2 Å². The largest absolute Gasteiger partial charge is 0.394 e. The quantitative estimate of drug-likeness (QED) is 0.281. The van der Waals surface area contributed by atoms with Crippen molar-refractivity contribution in [3.63, 3.8) is 0 Å². The number of hydrogen-bond donors (Lipinski definition) is 4. The third-order valence-electron chi connectivity index (χ3n) is 1.41. The summed E-state index contributed by atoms with van der Waals surface area (Å²) in [7, 11) is 0. The molecule has 0 amide bonds. The predicted octanol–water partition coefficient (Wildman–Crippen LogP) is -0.149. The summed E-state index contributed by atoms with van der Waals surface area (Å²) in [6, 6.07) is 0. The number of unbranched alkanes of at least 4 members (excludes halogenated alkanes) is 2. The van der Waals surface area contributed by atoms with Crippen molar-refractivity contribution in [1.29, 1.82) is 0 Å². The maximum Gasteiger partial charge on any atom is 0.291 e. The van der Waals surface area contributed by atoms with Gasteiger partial charge in [0.25, 0.3) is 10.2 Å². The normalized spacial score (nSPS) is 10.3. The van der Waals surface area contributed by atoms with Gasteiger partial charge in [-0.25, -0.2) is 0 Å². The Labute approximate surface area is 109 Å². The molecular formula is C8H20N2O9. The van der Waals surface area contributed by atoms with Gasteiger partial charge >= 0.3 is 0 Å². The number of ether oxygens (including phenoxy) is 1. The minimum absolute atomic E-state index is 0.215. The molecule has 4 N–H and O–H groups in total. The molecule has 11 heteroatoms. The molecule has 0 aliphatic heterocycles. The molecule has 19 heavy (non-hydrogen) atoms.